The van der Waals surface area contributed by atoms with Crippen LogP contribution in [0.3, 0.4) is 0 Å². The molecule has 21 heavy (non-hydrogen) atoms. The van der Waals surface area contributed by atoms with Gasteiger partial charge in [0.05, 0.1) is 6.04 Å². The van der Waals surface area contributed by atoms with Crippen LogP contribution in [0.15, 0.2) is 23.0 Å². The second-order valence-electron chi connectivity index (χ2n) is 5.61. The summed E-state index contributed by atoms with van der Waals surface area (Å²) in [5.74, 6) is 0. The smallest absolute Gasteiger partial charge is 0.185 e. The van der Waals surface area contributed by atoms with Gasteiger partial charge < -0.3 is 10.6 Å². The second-order valence-corrected chi connectivity index (χ2v) is 7.43. The van der Waals surface area contributed by atoms with Crippen LogP contribution in [0.4, 0.5) is 5.13 Å². The third-order valence-electron chi connectivity index (χ3n) is 4.07. The lowest BCUT2D eigenvalue weighted by molar-refractivity contribution is 0.169. The van der Waals surface area contributed by atoms with Crippen LogP contribution < -0.4 is 10.6 Å². The third kappa shape index (κ3) is 3.13. The molecule has 1 aliphatic rings. The Labute approximate surface area is 134 Å². The average Bonchev–Trinajstić information content (AvgIpc) is 3.12. The first-order chi connectivity index (χ1) is 10.2. The van der Waals surface area contributed by atoms with Crippen LogP contribution in [-0.4, -0.2) is 42.1 Å². The van der Waals surface area contributed by atoms with Gasteiger partial charge in [-0.3, -0.25) is 4.90 Å². The predicted molar refractivity (Wildman–Crippen MR) is 91.3 cm³/mol. The van der Waals surface area contributed by atoms with Gasteiger partial charge in [-0.2, -0.15) is 0 Å². The highest BCUT2D eigenvalue weighted by molar-refractivity contribution is 7.13. The number of thiophene rings is 1. The zero-order valence-corrected chi connectivity index (χ0v) is 14.2. The van der Waals surface area contributed by atoms with E-state index < -0.39 is 0 Å². The maximum absolute atomic E-state index is 6.30. The van der Waals surface area contributed by atoms with Crippen molar-refractivity contribution in [1.82, 2.24) is 9.88 Å². The minimum atomic E-state index is 0.147. The van der Waals surface area contributed by atoms with Crippen LogP contribution in [-0.2, 0) is 0 Å². The molecule has 2 aromatic rings. The Morgan fingerprint density at radius 1 is 1.19 bits per heavy atom. The molecule has 6 heteroatoms. The lowest BCUT2D eigenvalue weighted by atomic mass is 10.0. The number of thiazole rings is 1. The fourth-order valence-electron chi connectivity index (χ4n) is 2.99. The third-order valence-corrected chi connectivity index (χ3v) is 5.99. The van der Waals surface area contributed by atoms with E-state index >= 15 is 0 Å². The molecule has 3 rings (SSSR count). The number of rotatable bonds is 4. The summed E-state index contributed by atoms with van der Waals surface area (Å²) >= 11 is 3.55. The molecule has 2 atom stereocenters. The van der Waals surface area contributed by atoms with E-state index in [-0.39, 0.29) is 6.04 Å². The zero-order valence-electron chi connectivity index (χ0n) is 12.5. The van der Waals surface area contributed by atoms with Gasteiger partial charge in [0.2, 0.25) is 0 Å². The van der Waals surface area contributed by atoms with E-state index in [4.69, 9.17) is 5.73 Å². The molecule has 3 heterocycles. The van der Waals surface area contributed by atoms with Crippen molar-refractivity contribution in [3.05, 3.63) is 33.5 Å². The summed E-state index contributed by atoms with van der Waals surface area (Å²) in [6.07, 6.45) is 1.88. The Kier molecular flexibility index (Phi) is 4.59. The molecule has 0 aromatic carbocycles. The summed E-state index contributed by atoms with van der Waals surface area (Å²) in [5.41, 5.74) is 7.66. The molecule has 0 saturated carbocycles. The zero-order chi connectivity index (χ0) is 14.8. The van der Waals surface area contributed by atoms with E-state index in [0.29, 0.717) is 6.04 Å². The number of aromatic nitrogens is 1. The average molecular weight is 323 g/mol. The molecule has 1 saturated heterocycles. The lowest BCUT2D eigenvalue weighted by Crippen LogP contribution is -2.51. The maximum Gasteiger partial charge on any atom is 0.185 e. The highest BCUT2D eigenvalue weighted by atomic mass is 32.1. The van der Waals surface area contributed by atoms with Gasteiger partial charge in [0.25, 0.3) is 0 Å². The van der Waals surface area contributed by atoms with Crippen LogP contribution in [0.2, 0.25) is 0 Å². The molecule has 0 radical (unpaired) electrons. The molecular formula is C15H22N4S2. The van der Waals surface area contributed by atoms with Crippen molar-refractivity contribution in [2.75, 3.05) is 31.1 Å². The predicted octanol–water partition coefficient (Wildman–Crippen LogP) is 2.72. The number of piperazine rings is 1. The summed E-state index contributed by atoms with van der Waals surface area (Å²) in [6.45, 7) is 8.46. The fourth-order valence-corrected chi connectivity index (χ4v) is 4.86. The molecule has 0 bridgehead atoms. The molecule has 114 valence electrons. The van der Waals surface area contributed by atoms with Gasteiger partial charge in [0.1, 0.15) is 0 Å². The molecule has 0 spiro atoms. The van der Waals surface area contributed by atoms with Crippen LogP contribution in [0.1, 0.15) is 23.4 Å². The molecule has 2 aromatic heterocycles. The van der Waals surface area contributed by atoms with Gasteiger partial charge in [0, 0.05) is 48.7 Å². The van der Waals surface area contributed by atoms with Crippen molar-refractivity contribution in [1.29, 1.82) is 0 Å². The summed E-state index contributed by atoms with van der Waals surface area (Å²) < 4.78 is 0. The number of nitrogens with zero attached hydrogens (tertiary/aromatic N) is 3. The van der Waals surface area contributed by atoms with Gasteiger partial charge in [-0.05, 0) is 30.9 Å². The summed E-state index contributed by atoms with van der Waals surface area (Å²) in [4.78, 5) is 10.7. The number of nitrogens with two attached hydrogens (primary N) is 1. The molecular weight excluding hydrogens is 300 g/mol. The molecule has 2 unspecified atom stereocenters. The lowest BCUT2D eigenvalue weighted by Gasteiger charge is -2.40. The first kappa shape index (κ1) is 15.0. The maximum atomic E-state index is 6.30. The molecule has 1 aliphatic heterocycles. The van der Waals surface area contributed by atoms with E-state index in [9.17, 15) is 0 Å². The standard InChI is InChI=1S/C15H22N4S2/c1-11-3-9-20-14(11)13(12(2)16)18-5-7-19(8-6-18)15-17-4-10-21-15/h3-4,9-10,12-13H,5-8,16H2,1-2H3. The number of hydrogen-bond donors (Lipinski definition) is 1. The van der Waals surface area contributed by atoms with Gasteiger partial charge in [-0.1, -0.05) is 0 Å². The van der Waals surface area contributed by atoms with Crippen molar-refractivity contribution in [3.63, 3.8) is 0 Å². The first-order valence-electron chi connectivity index (χ1n) is 7.35. The van der Waals surface area contributed by atoms with Gasteiger partial charge in [-0.25, -0.2) is 4.98 Å². The van der Waals surface area contributed by atoms with Crippen LogP contribution in [0, 0.1) is 6.92 Å². The summed E-state index contributed by atoms with van der Waals surface area (Å²) in [7, 11) is 0. The Hall–Kier alpha value is -0.950. The largest absolute Gasteiger partial charge is 0.346 e. The van der Waals surface area contributed by atoms with E-state index in [2.05, 4.69) is 40.1 Å². The van der Waals surface area contributed by atoms with Crippen LogP contribution >= 0.6 is 22.7 Å². The van der Waals surface area contributed by atoms with E-state index in [1.54, 1.807) is 11.3 Å². The van der Waals surface area contributed by atoms with Gasteiger partial charge in [-0.15, -0.1) is 22.7 Å². The van der Waals surface area contributed by atoms with E-state index in [1.165, 1.54) is 10.4 Å². The molecule has 0 amide bonds. The van der Waals surface area contributed by atoms with Crippen molar-refractivity contribution in [2.24, 2.45) is 5.73 Å². The highest BCUT2D eigenvalue weighted by Gasteiger charge is 2.29. The quantitative estimate of drug-likeness (QED) is 0.940. The fraction of sp³-hybridized carbons (Fsp3) is 0.533. The summed E-state index contributed by atoms with van der Waals surface area (Å²) in [6, 6.07) is 2.68. The molecule has 2 N–H and O–H groups in total. The van der Waals surface area contributed by atoms with Crippen molar-refractivity contribution < 1.29 is 0 Å². The number of hydrogen-bond acceptors (Lipinski definition) is 6. The van der Waals surface area contributed by atoms with Crippen LogP contribution in [0.5, 0.6) is 0 Å². The van der Waals surface area contributed by atoms with Crippen molar-refractivity contribution in [2.45, 2.75) is 25.9 Å². The second kappa shape index (κ2) is 6.44. The Balaban J connectivity index is 1.71. The summed E-state index contributed by atoms with van der Waals surface area (Å²) in [5, 5.41) is 5.35. The number of anilines is 1. The number of aryl methyl sites for hydroxylation is 1. The van der Waals surface area contributed by atoms with Crippen molar-refractivity contribution >= 4 is 27.8 Å². The first-order valence-corrected chi connectivity index (χ1v) is 9.11. The SMILES string of the molecule is Cc1ccsc1C(C(C)N)N1CCN(c2nccs2)CC1. The van der Waals surface area contributed by atoms with E-state index in [1.807, 2.05) is 22.9 Å². The minimum Gasteiger partial charge on any atom is -0.346 e. The molecule has 0 aliphatic carbocycles. The van der Waals surface area contributed by atoms with Gasteiger partial charge in [0.15, 0.2) is 5.13 Å². The topological polar surface area (TPSA) is 45.4 Å². The van der Waals surface area contributed by atoms with Crippen molar-refractivity contribution in [3.8, 4) is 0 Å². The van der Waals surface area contributed by atoms with Crippen LogP contribution in [0.25, 0.3) is 0 Å². The Bertz CT molecular complexity index is 556. The normalized spacial score (nSPS) is 19.7. The molecule has 1 fully saturated rings. The minimum absolute atomic E-state index is 0.147. The highest BCUT2D eigenvalue weighted by Crippen LogP contribution is 2.32. The molecule has 4 nitrogen and oxygen atoms in total. The van der Waals surface area contributed by atoms with Gasteiger partial charge >= 0.3 is 0 Å². The Morgan fingerprint density at radius 2 is 1.95 bits per heavy atom. The van der Waals surface area contributed by atoms with E-state index in [0.717, 1.165) is 31.3 Å². The monoisotopic (exact) mass is 322 g/mol. The Morgan fingerprint density at radius 3 is 2.48 bits per heavy atom.